The van der Waals surface area contributed by atoms with E-state index in [1.807, 2.05) is 24.5 Å². The number of pyridine rings is 1. The molecule has 7 heteroatoms. The van der Waals surface area contributed by atoms with Crippen LogP contribution in [0.15, 0.2) is 156 Å². The Kier molecular flexibility index (Phi) is 12.7. The molecule has 0 amide bonds. The molecule has 0 aliphatic heterocycles. The second kappa shape index (κ2) is 18.6. The normalized spacial score (nSPS) is 12.1. The summed E-state index contributed by atoms with van der Waals surface area (Å²) in [6, 6.07) is 54.2. The van der Waals surface area contributed by atoms with Gasteiger partial charge in [-0.25, -0.2) is 0 Å². The van der Waals surface area contributed by atoms with Crippen molar-refractivity contribution in [2.75, 3.05) is 0 Å². The standard InChI is InChI=1S/C45H35N2O.C17H22N3.Ir/c1-27(2)36-24-32(29-13-6-5-7-14-29)25-37(28(3)4)43(36)47-41-20-11-10-19-40(41)46-45(47)35-18-12-17-34-39-23-31-22-21-30-15-8-9-16-33(30)38(31)26-42(39)48-44(34)35;1-16(2,3)13-10-19-15(20-11-13)12-7-8-14(18-9-12)17(4,5)6;/h5-17,19-28H,1-4H3;8-11H,1-6H3;/q2*-1;. The Bertz CT molecular complexity index is 3540. The first-order valence-electron chi connectivity index (χ1n) is 23.7. The van der Waals surface area contributed by atoms with Crippen LogP contribution in [0.25, 0.3) is 94.1 Å². The molecule has 0 saturated carbocycles. The number of hydrogen-bond acceptors (Lipinski definition) is 5. The molecule has 0 atom stereocenters. The number of furan rings is 1. The summed E-state index contributed by atoms with van der Waals surface area (Å²) in [6.45, 7) is 22.0. The summed E-state index contributed by atoms with van der Waals surface area (Å²) in [6.07, 6.45) is 5.56. The smallest absolute Gasteiger partial charge is 0.121 e. The Morgan fingerprint density at radius 3 is 1.91 bits per heavy atom. The molecule has 11 aromatic rings. The van der Waals surface area contributed by atoms with Crippen LogP contribution in [-0.4, -0.2) is 24.5 Å². The first-order chi connectivity index (χ1) is 32.6. The van der Waals surface area contributed by atoms with Gasteiger partial charge in [-0.15, -0.1) is 30.3 Å². The van der Waals surface area contributed by atoms with Crippen molar-refractivity contribution in [2.24, 2.45) is 0 Å². The van der Waals surface area contributed by atoms with Gasteiger partial charge in [0.2, 0.25) is 0 Å². The van der Waals surface area contributed by atoms with Crippen LogP contribution in [0.3, 0.4) is 0 Å². The number of imidazole rings is 1. The van der Waals surface area contributed by atoms with Crippen LogP contribution >= 0.6 is 0 Å². The van der Waals surface area contributed by atoms with Crippen molar-refractivity contribution < 1.29 is 24.5 Å². The molecule has 0 aliphatic carbocycles. The Labute approximate surface area is 419 Å². The van der Waals surface area contributed by atoms with Gasteiger partial charge in [-0.3, -0.25) is 15.0 Å². The van der Waals surface area contributed by atoms with E-state index in [1.54, 1.807) is 6.20 Å². The van der Waals surface area contributed by atoms with Crippen LogP contribution in [-0.2, 0) is 30.9 Å². The van der Waals surface area contributed by atoms with Crippen LogP contribution < -0.4 is 0 Å². The fraction of sp³-hybridized carbons (Fsp3) is 0.226. The van der Waals surface area contributed by atoms with Crippen molar-refractivity contribution in [3.8, 4) is 39.6 Å². The quantitative estimate of drug-likeness (QED) is 0.123. The summed E-state index contributed by atoms with van der Waals surface area (Å²) < 4.78 is 9.20. The van der Waals surface area contributed by atoms with E-state index < -0.39 is 0 Å². The maximum atomic E-state index is 6.83. The molecule has 0 N–H and O–H groups in total. The van der Waals surface area contributed by atoms with Gasteiger partial charge in [-0.05, 0) is 114 Å². The predicted octanol–water partition coefficient (Wildman–Crippen LogP) is 16.5. The third-order valence-corrected chi connectivity index (χ3v) is 13.0. The minimum Gasteiger partial charge on any atom is -0.501 e. The van der Waals surface area contributed by atoms with E-state index in [0.29, 0.717) is 5.82 Å². The zero-order valence-corrected chi connectivity index (χ0v) is 43.5. The number of aromatic nitrogens is 5. The van der Waals surface area contributed by atoms with Gasteiger partial charge in [0.05, 0.1) is 28.3 Å². The van der Waals surface area contributed by atoms with Crippen molar-refractivity contribution in [2.45, 2.75) is 91.9 Å². The van der Waals surface area contributed by atoms with Crippen LogP contribution in [0.4, 0.5) is 0 Å². The molecule has 1 radical (unpaired) electrons. The Morgan fingerprint density at radius 2 is 1.25 bits per heavy atom. The summed E-state index contributed by atoms with van der Waals surface area (Å²) in [5, 5.41) is 7.02. The molecular formula is C62H57IrN5O-2. The Hall–Kier alpha value is -6.79. The molecule has 4 heterocycles. The SMILES string of the molecule is CC(C)(C)c1cnc(-c2[c-]cc(C(C)(C)C)nc2)nc1.CC(C)c1cc(-c2ccccc2)cc(C(C)C)c1-n1c(-c2[c-]ccc3c2oc2cc4c(ccc5ccccc54)cc23)nc2ccccc21.[Ir]. The van der Waals surface area contributed by atoms with Gasteiger partial charge in [0.25, 0.3) is 0 Å². The average molecular weight is 1080 g/mol. The number of rotatable bonds is 6. The zero-order chi connectivity index (χ0) is 47.5. The Morgan fingerprint density at radius 1 is 0.580 bits per heavy atom. The first kappa shape index (κ1) is 47.3. The molecule has 69 heavy (non-hydrogen) atoms. The summed E-state index contributed by atoms with van der Waals surface area (Å²) in [5.41, 5.74) is 13.9. The predicted molar refractivity (Wildman–Crippen MR) is 283 cm³/mol. The minimum atomic E-state index is 0. The number of nitrogens with zero attached hydrogens (tertiary/aromatic N) is 5. The van der Waals surface area contributed by atoms with Gasteiger partial charge < -0.3 is 14.0 Å². The second-order valence-electron chi connectivity index (χ2n) is 20.6. The van der Waals surface area contributed by atoms with E-state index in [0.717, 1.165) is 61.2 Å². The van der Waals surface area contributed by atoms with Crippen LogP contribution in [0.1, 0.15) is 103 Å². The van der Waals surface area contributed by atoms with Gasteiger partial charge in [0.15, 0.2) is 0 Å². The molecule has 6 nitrogen and oxygen atoms in total. The van der Waals surface area contributed by atoms with Gasteiger partial charge in [-0.2, -0.15) is 0 Å². The first-order valence-corrected chi connectivity index (χ1v) is 23.7. The molecule has 0 aliphatic rings. The average Bonchev–Trinajstić information content (AvgIpc) is 3.91. The topological polar surface area (TPSA) is 69.6 Å². The van der Waals surface area contributed by atoms with Crippen molar-refractivity contribution in [1.82, 2.24) is 24.5 Å². The van der Waals surface area contributed by atoms with E-state index in [9.17, 15) is 0 Å². The van der Waals surface area contributed by atoms with Crippen LogP contribution in [0.5, 0.6) is 0 Å². The molecule has 7 aromatic carbocycles. The maximum Gasteiger partial charge on any atom is 0.121 e. The van der Waals surface area contributed by atoms with Gasteiger partial charge in [-0.1, -0.05) is 171 Å². The molecule has 11 rings (SSSR count). The largest absolute Gasteiger partial charge is 0.501 e. The van der Waals surface area contributed by atoms with E-state index in [-0.39, 0.29) is 42.8 Å². The minimum absolute atomic E-state index is 0. The van der Waals surface area contributed by atoms with Crippen molar-refractivity contribution in [1.29, 1.82) is 0 Å². The summed E-state index contributed by atoms with van der Waals surface area (Å²) >= 11 is 0. The van der Waals surface area contributed by atoms with Gasteiger partial charge in [0.1, 0.15) is 5.58 Å². The van der Waals surface area contributed by atoms with Gasteiger partial charge >= 0.3 is 0 Å². The van der Waals surface area contributed by atoms with Crippen LogP contribution in [0.2, 0.25) is 0 Å². The monoisotopic (exact) mass is 1080 g/mol. The molecular weight excluding hydrogens is 1020 g/mol. The third-order valence-electron chi connectivity index (χ3n) is 13.0. The van der Waals surface area contributed by atoms with Gasteiger partial charge in [0, 0.05) is 43.6 Å². The van der Waals surface area contributed by atoms with Crippen molar-refractivity contribution in [3.05, 3.63) is 187 Å². The zero-order valence-electron chi connectivity index (χ0n) is 41.1. The summed E-state index contributed by atoms with van der Waals surface area (Å²) in [4.78, 5) is 18.7. The summed E-state index contributed by atoms with van der Waals surface area (Å²) in [7, 11) is 0. The molecule has 347 valence electrons. The molecule has 0 saturated heterocycles. The molecule has 0 spiro atoms. The number of para-hydroxylation sites is 2. The second-order valence-corrected chi connectivity index (χ2v) is 20.6. The molecule has 0 fully saturated rings. The van der Waals surface area contributed by atoms with E-state index in [2.05, 4.69) is 222 Å². The summed E-state index contributed by atoms with van der Waals surface area (Å²) in [5.74, 6) is 2.07. The molecule has 0 unspecified atom stereocenters. The number of hydrogen-bond donors (Lipinski definition) is 0. The maximum absolute atomic E-state index is 6.83. The van der Waals surface area contributed by atoms with E-state index in [4.69, 9.17) is 9.40 Å². The van der Waals surface area contributed by atoms with E-state index >= 15 is 0 Å². The van der Waals surface area contributed by atoms with Crippen molar-refractivity contribution >= 4 is 54.5 Å². The van der Waals surface area contributed by atoms with Crippen molar-refractivity contribution in [3.63, 3.8) is 0 Å². The van der Waals surface area contributed by atoms with E-state index in [1.165, 1.54) is 49.5 Å². The fourth-order valence-electron chi connectivity index (χ4n) is 9.19. The molecule has 4 aromatic heterocycles. The number of fused-ring (bicyclic) bond motifs is 7. The fourth-order valence-corrected chi connectivity index (χ4v) is 9.19. The van der Waals surface area contributed by atoms with Crippen LogP contribution in [0, 0.1) is 12.1 Å². The third kappa shape index (κ3) is 9.02. The molecule has 0 bridgehead atoms. The Balaban J connectivity index is 0.000000238. The number of benzene rings is 7.